The number of thiophene rings is 1. The van der Waals surface area contributed by atoms with Crippen molar-refractivity contribution < 1.29 is 0 Å². The van der Waals surface area contributed by atoms with Gasteiger partial charge in [-0.15, -0.1) is 11.3 Å². The first-order chi connectivity index (χ1) is 25.8. The number of benzene rings is 9. The summed E-state index contributed by atoms with van der Waals surface area (Å²) in [4.78, 5) is 2.42. The van der Waals surface area contributed by atoms with E-state index in [1.807, 2.05) is 11.3 Å². The Morgan fingerprint density at radius 3 is 1.63 bits per heavy atom. The molecule has 0 unspecified atom stereocenters. The maximum Gasteiger partial charge on any atom is 0.0540 e. The quantitative estimate of drug-likeness (QED) is 0.169. The monoisotopic (exact) mass is 679 g/mol. The summed E-state index contributed by atoms with van der Waals surface area (Å²) in [6, 6.07) is 72.9. The lowest BCUT2D eigenvalue weighted by molar-refractivity contribution is 1.30. The van der Waals surface area contributed by atoms with Crippen LogP contribution in [-0.2, 0) is 0 Å². The molecule has 0 atom stereocenters. The second-order valence-corrected chi connectivity index (χ2v) is 14.4. The first kappa shape index (κ1) is 30.4. The molecule has 10 rings (SSSR count). The lowest BCUT2D eigenvalue weighted by Crippen LogP contribution is -2.10. The second kappa shape index (κ2) is 12.7. The third-order valence-corrected chi connectivity index (χ3v) is 11.4. The summed E-state index contributed by atoms with van der Waals surface area (Å²) in [6.07, 6.45) is 0. The highest BCUT2D eigenvalue weighted by atomic mass is 32.1. The fraction of sp³-hybridized carbons (Fsp3) is 0. The Kier molecular flexibility index (Phi) is 7.41. The van der Waals surface area contributed by atoms with Crippen molar-refractivity contribution in [3.63, 3.8) is 0 Å². The molecule has 2 heteroatoms. The van der Waals surface area contributed by atoms with Gasteiger partial charge in [-0.3, -0.25) is 0 Å². The first-order valence-corrected chi connectivity index (χ1v) is 18.6. The van der Waals surface area contributed by atoms with Crippen LogP contribution < -0.4 is 4.90 Å². The van der Waals surface area contributed by atoms with E-state index in [1.165, 1.54) is 75.1 Å². The summed E-state index contributed by atoms with van der Waals surface area (Å²) in [5.74, 6) is 0. The molecule has 1 aromatic heterocycles. The second-order valence-electron chi connectivity index (χ2n) is 13.3. The van der Waals surface area contributed by atoms with E-state index in [4.69, 9.17) is 0 Å². The summed E-state index contributed by atoms with van der Waals surface area (Å²) in [6.45, 7) is 0. The van der Waals surface area contributed by atoms with Gasteiger partial charge in [0, 0.05) is 36.9 Å². The van der Waals surface area contributed by atoms with Gasteiger partial charge in [0.2, 0.25) is 0 Å². The average molecular weight is 680 g/mol. The van der Waals surface area contributed by atoms with Crippen LogP contribution in [0.2, 0.25) is 0 Å². The molecule has 0 bridgehead atoms. The van der Waals surface area contributed by atoms with Crippen molar-refractivity contribution in [2.75, 3.05) is 4.90 Å². The van der Waals surface area contributed by atoms with Gasteiger partial charge < -0.3 is 4.90 Å². The van der Waals surface area contributed by atoms with E-state index in [2.05, 4.69) is 205 Å². The number of fused-ring (bicyclic) bond motifs is 5. The average Bonchev–Trinajstić information content (AvgIpc) is 3.60. The fourth-order valence-corrected chi connectivity index (χ4v) is 9.02. The number of rotatable bonds is 6. The van der Waals surface area contributed by atoms with Gasteiger partial charge in [-0.05, 0) is 92.0 Å². The molecule has 0 N–H and O–H groups in total. The zero-order valence-corrected chi connectivity index (χ0v) is 29.2. The highest BCUT2D eigenvalue weighted by Crippen LogP contribution is 2.43. The Balaban J connectivity index is 1.12. The van der Waals surface area contributed by atoms with E-state index in [0.717, 1.165) is 17.1 Å². The molecule has 244 valence electrons. The minimum absolute atomic E-state index is 1.11. The molecule has 0 aliphatic heterocycles. The minimum atomic E-state index is 1.11. The zero-order valence-electron chi connectivity index (χ0n) is 28.4. The van der Waals surface area contributed by atoms with Crippen LogP contribution in [0.15, 0.2) is 200 Å². The van der Waals surface area contributed by atoms with Crippen LogP contribution in [0.3, 0.4) is 0 Å². The zero-order chi connectivity index (χ0) is 34.4. The third-order valence-electron chi connectivity index (χ3n) is 10.2. The van der Waals surface area contributed by atoms with Gasteiger partial charge >= 0.3 is 0 Å². The maximum atomic E-state index is 2.42. The predicted octanol–water partition coefficient (Wildman–Crippen LogP) is 14.8. The van der Waals surface area contributed by atoms with Gasteiger partial charge in [0.05, 0.1) is 5.69 Å². The van der Waals surface area contributed by atoms with E-state index in [9.17, 15) is 0 Å². The molecule has 0 aliphatic carbocycles. The molecular weight excluding hydrogens is 647 g/mol. The van der Waals surface area contributed by atoms with E-state index in [-0.39, 0.29) is 0 Å². The first-order valence-electron chi connectivity index (χ1n) is 17.8. The molecule has 1 nitrogen and oxygen atoms in total. The number of hydrogen-bond acceptors (Lipinski definition) is 2. The van der Waals surface area contributed by atoms with Crippen LogP contribution in [0.4, 0.5) is 17.1 Å². The maximum absolute atomic E-state index is 2.42. The molecule has 0 fully saturated rings. The van der Waals surface area contributed by atoms with Crippen LogP contribution in [0, 0.1) is 0 Å². The summed E-state index contributed by atoms with van der Waals surface area (Å²) >= 11 is 1.88. The highest BCUT2D eigenvalue weighted by molar-refractivity contribution is 7.26. The van der Waals surface area contributed by atoms with Crippen molar-refractivity contribution in [1.82, 2.24) is 0 Å². The van der Waals surface area contributed by atoms with Gasteiger partial charge in [0.25, 0.3) is 0 Å². The summed E-state index contributed by atoms with van der Waals surface area (Å²) in [5, 5.41) is 7.58. The van der Waals surface area contributed by atoms with Gasteiger partial charge in [0.1, 0.15) is 0 Å². The number of hydrogen-bond donors (Lipinski definition) is 0. The molecule has 52 heavy (non-hydrogen) atoms. The van der Waals surface area contributed by atoms with Gasteiger partial charge in [-0.25, -0.2) is 0 Å². The molecule has 0 amide bonds. The van der Waals surface area contributed by atoms with E-state index >= 15 is 0 Å². The Bertz CT molecular complexity index is 2920. The molecule has 9 aromatic carbocycles. The molecule has 0 saturated heterocycles. The summed E-state index contributed by atoms with van der Waals surface area (Å²) in [5.41, 5.74) is 10.7. The van der Waals surface area contributed by atoms with Crippen LogP contribution in [-0.4, -0.2) is 0 Å². The van der Waals surface area contributed by atoms with Crippen LogP contribution in [0.1, 0.15) is 0 Å². The summed E-state index contributed by atoms with van der Waals surface area (Å²) < 4.78 is 2.66. The SMILES string of the molecule is c1cc(-c2cccc(N(c3cccc(-c4cccc5ccccc45)c3)c3cccc4ccccc34)c2)cc(-c2cccc3c2sc2ccccc23)c1. The minimum Gasteiger partial charge on any atom is -0.310 e. The van der Waals surface area contributed by atoms with Crippen molar-refractivity contribution in [1.29, 1.82) is 0 Å². The predicted molar refractivity (Wildman–Crippen MR) is 225 cm³/mol. The van der Waals surface area contributed by atoms with Crippen molar-refractivity contribution in [3.05, 3.63) is 200 Å². The van der Waals surface area contributed by atoms with E-state index in [1.54, 1.807) is 0 Å². The molecule has 0 radical (unpaired) electrons. The molecular formula is C50H33NS. The number of anilines is 3. The Morgan fingerprint density at radius 1 is 0.327 bits per heavy atom. The van der Waals surface area contributed by atoms with Gasteiger partial charge in [-0.1, -0.05) is 158 Å². The highest BCUT2D eigenvalue weighted by Gasteiger charge is 2.18. The molecule has 0 aliphatic rings. The van der Waals surface area contributed by atoms with Gasteiger partial charge in [0.15, 0.2) is 0 Å². The fourth-order valence-electron chi connectivity index (χ4n) is 7.79. The Hall–Kier alpha value is -6.48. The Morgan fingerprint density at radius 2 is 0.827 bits per heavy atom. The van der Waals surface area contributed by atoms with E-state index in [0.29, 0.717) is 0 Å². The normalized spacial score (nSPS) is 11.5. The smallest absolute Gasteiger partial charge is 0.0540 e. The van der Waals surface area contributed by atoms with Gasteiger partial charge in [-0.2, -0.15) is 0 Å². The van der Waals surface area contributed by atoms with Crippen LogP contribution in [0.5, 0.6) is 0 Å². The molecule has 0 spiro atoms. The lowest BCUT2D eigenvalue weighted by atomic mass is 9.96. The molecule has 1 heterocycles. The standard InChI is InChI=1S/C50H33NS/c1-3-23-42-34(13-1)15-10-26-43(42)39-20-9-22-41(33-39)51(48-29-11-16-35-14-2-4-24-44(35)48)40-21-8-18-37(32-40)36-17-7-19-38(31-36)45-27-12-28-47-46-25-5-6-30-49(46)52-50(45)47/h1-33H. The molecule has 0 saturated carbocycles. The van der Waals surface area contributed by atoms with Crippen molar-refractivity contribution in [2.45, 2.75) is 0 Å². The van der Waals surface area contributed by atoms with E-state index < -0.39 is 0 Å². The van der Waals surface area contributed by atoms with Crippen molar-refractivity contribution >= 4 is 70.1 Å². The van der Waals surface area contributed by atoms with Crippen LogP contribution in [0.25, 0.3) is 75.1 Å². The van der Waals surface area contributed by atoms with Crippen molar-refractivity contribution in [2.24, 2.45) is 0 Å². The van der Waals surface area contributed by atoms with Crippen molar-refractivity contribution in [3.8, 4) is 33.4 Å². The van der Waals surface area contributed by atoms with Crippen LogP contribution >= 0.6 is 11.3 Å². The molecule has 10 aromatic rings. The lowest BCUT2D eigenvalue weighted by Gasteiger charge is -2.28. The number of nitrogens with zero attached hydrogens (tertiary/aromatic N) is 1. The Labute approximate surface area is 307 Å². The largest absolute Gasteiger partial charge is 0.310 e. The third kappa shape index (κ3) is 5.24. The summed E-state index contributed by atoms with van der Waals surface area (Å²) in [7, 11) is 0. The topological polar surface area (TPSA) is 3.24 Å².